The molecule has 1 aliphatic carbocycles. The van der Waals surface area contributed by atoms with Crippen molar-refractivity contribution < 1.29 is 23.8 Å². The van der Waals surface area contributed by atoms with Crippen LogP contribution in [0, 0.1) is 5.92 Å². The summed E-state index contributed by atoms with van der Waals surface area (Å²) in [4.78, 5) is 24.4. The summed E-state index contributed by atoms with van der Waals surface area (Å²) in [6, 6.07) is 12.0. The first-order chi connectivity index (χ1) is 15.4. The highest BCUT2D eigenvalue weighted by molar-refractivity contribution is 5.87. The Hall–Kier alpha value is -3.32. The van der Waals surface area contributed by atoms with Gasteiger partial charge in [0, 0.05) is 24.1 Å². The first-order valence-electron chi connectivity index (χ1n) is 10.9. The lowest BCUT2D eigenvalue weighted by Crippen LogP contribution is -2.28. The van der Waals surface area contributed by atoms with Crippen LogP contribution in [0.25, 0.3) is 6.08 Å². The Labute approximate surface area is 188 Å². The maximum atomic E-state index is 12.4. The van der Waals surface area contributed by atoms with E-state index in [1.807, 2.05) is 6.92 Å². The standard InChI is InChI=1S/C25H30N2O5/c1-2-30-22-10-6-19(7-11-22)25(29)32-23-8-3-17(4-9-23)5-12-24(28)31-16-18-13-20(26)15-21(27)14-18/h3-5,8-9,12-15,19,22H,2,6-7,10-11,16,26-27H2,1H3/b12-5+. The number of nitrogens with two attached hydrogens (primary N) is 2. The number of rotatable bonds is 8. The molecule has 0 unspecified atom stereocenters. The van der Waals surface area contributed by atoms with Crippen LogP contribution >= 0.6 is 0 Å². The van der Waals surface area contributed by atoms with Gasteiger partial charge in [0.15, 0.2) is 0 Å². The van der Waals surface area contributed by atoms with Crippen LogP contribution in [0.2, 0.25) is 0 Å². The quantitative estimate of drug-likeness (QED) is 0.276. The van der Waals surface area contributed by atoms with Gasteiger partial charge in [-0.25, -0.2) is 4.79 Å². The van der Waals surface area contributed by atoms with Crippen molar-refractivity contribution in [3.63, 3.8) is 0 Å². The predicted octanol–water partition coefficient (Wildman–Crippen LogP) is 4.11. The monoisotopic (exact) mass is 438 g/mol. The van der Waals surface area contributed by atoms with E-state index in [2.05, 4.69) is 0 Å². The lowest BCUT2D eigenvalue weighted by atomic mass is 9.87. The average Bonchev–Trinajstić information content (AvgIpc) is 2.77. The van der Waals surface area contributed by atoms with E-state index in [4.69, 9.17) is 25.7 Å². The third kappa shape index (κ3) is 7.13. The van der Waals surface area contributed by atoms with Gasteiger partial charge in [0.05, 0.1) is 12.0 Å². The van der Waals surface area contributed by atoms with Gasteiger partial charge in [0.1, 0.15) is 12.4 Å². The summed E-state index contributed by atoms with van der Waals surface area (Å²) in [5.41, 5.74) is 14.0. The van der Waals surface area contributed by atoms with Gasteiger partial charge in [-0.05, 0) is 80.1 Å². The maximum absolute atomic E-state index is 12.4. The predicted molar refractivity (Wildman–Crippen MR) is 124 cm³/mol. The summed E-state index contributed by atoms with van der Waals surface area (Å²) < 4.78 is 16.4. The summed E-state index contributed by atoms with van der Waals surface area (Å²) in [7, 11) is 0. The van der Waals surface area contributed by atoms with E-state index in [-0.39, 0.29) is 24.6 Å². The Morgan fingerprint density at radius 2 is 1.66 bits per heavy atom. The van der Waals surface area contributed by atoms with E-state index in [0.29, 0.717) is 23.7 Å². The van der Waals surface area contributed by atoms with E-state index in [1.54, 1.807) is 48.5 Å². The Morgan fingerprint density at radius 1 is 1.00 bits per heavy atom. The number of hydrogen-bond acceptors (Lipinski definition) is 7. The van der Waals surface area contributed by atoms with Crippen molar-refractivity contribution in [3.8, 4) is 5.75 Å². The Kier molecular flexibility index (Phi) is 8.27. The molecular formula is C25H30N2O5. The zero-order valence-electron chi connectivity index (χ0n) is 18.3. The first-order valence-corrected chi connectivity index (χ1v) is 10.9. The molecule has 1 aliphatic rings. The molecule has 4 N–H and O–H groups in total. The summed E-state index contributed by atoms with van der Waals surface area (Å²) in [5.74, 6) is -0.282. The molecule has 0 amide bonds. The molecule has 0 aliphatic heterocycles. The SMILES string of the molecule is CCOC1CCC(C(=O)Oc2ccc(/C=C/C(=O)OCc3cc(N)cc(N)c3)cc2)CC1. The summed E-state index contributed by atoms with van der Waals surface area (Å²) in [5, 5.41) is 0. The van der Waals surface area contributed by atoms with Gasteiger partial charge >= 0.3 is 11.9 Å². The minimum Gasteiger partial charge on any atom is -0.458 e. The lowest BCUT2D eigenvalue weighted by Gasteiger charge is -2.26. The highest BCUT2D eigenvalue weighted by Crippen LogP contribution is 2.28. The van der Waals surface area contributed by atoms with E-state index in [9.17, 15) is 9.59 Å². The van der Waals surface area contributed by atoms with Crippen LogP contribution < -0.4 is 16.2 Å². The number of esters is 2. The third-order valence-corrected chi connectivity index (χ3v) is 5.34. The summed E-state index contributed by atoms with van der Waals surface area (Å²) in [6.07, 6.45) is 6.58. The second kappa shape index (κ2) is 11.3. The molecule has 0 bridgehead atoms. The van der Waals surface area contributed by atoms with Gasteiger partial charge in [0.2, 0.25) is 0 Å². The highest BCUT2D eigenvalue weighted by atomic mass is 16.5. The average molecular weight is 439 g/mol. The number of carbonyl (C=O) groups is 2. The Morgan fingerprint density at radius 3 is 2.28 bits per heavy atom. The molecule has 1 fully saturated rings. The largest absolute Gasteiger partial charge is 0.458 e. The van der Waals surface area contributed by atoms with Crippen molar-refractivity contribution in [2.24, 2.45) is 5.92 Å². The van der Waals surface area contributed by atoms with E-state index >= 15 is 0 Å². The smallest absolute Gasteiger partial charge is 0.331 e. The van der Waals surface area contributed by atoms with E-state index in [1.165, 1.54) is 6.08 Å². The molecule has 0 spiro atoms. The van der Waals surface area contributed by atoms with Gasteiger partial charge in [-0.15, -0.1) is 0 Å². The molecule has 0 atom stereocenters. The van der Waals surface area contributed by atoms with Gasteiger partial charge in [-0.1, -0.05) is 12.1 Å². The third-order valence-electron chi connectivity index (χ3n) is 5.34. The molecule has 0 aromatic heterocycles. The molecule has 7 heteroatoms. The second-order valence-corrected chi connectivity index (χ2v) is 7.87. The number of benzene rings is 2. The minimum atomic E-state index is -0.482. The molecule has 2 aromatic rings. The van der Waals surface area contributed by atoms with Gasteiger partial charge < -0.3 is 25.7 Å². The lowest BCUT2D eigenvalue weighted by molar-refractivity contribution is -0.141. The first kappa shape index (κ1) is 23.3. The summed E-state index contributed by atoms with van der Waals surface area (Å²) >= 11 is 0. The van der Waals surface area contributed by atoms with Crippen molar-refractivity contribution in [1.82, 2.24) is 0 Å². The number of hydrogen-bond donors (Lipinski definition) is 2. The molecule has 2 aromatic carbocycles. The van der Waals surface area contributed by atoms with Crippen molar-refractivity contribution >= 4 is 29.4 Å². The topological polar surface area (TPSA) is 114 Å². The molecule has 7 nitrogen and oxygen atoms in total. The number of carbonyl (C=O) groups excluding carboxylic acids is 2. The zero-order valence-corrected chi connectivity index (χ0v) is 18.3. The summed E-state index contributed by atoms with van der Waals surface area (Å²) in [6.45, 7) is 2.77. The molecule has 0 heterocycles. The van der Waals surface area contributed by atoms with Crippen LogP contribution in [-0.4, -0.2) is 24.6 Å². The van der Waals surface area contributed by atoms with Crippen molar-refractivity contribution in [3.05, 3.63) is 59.7 Å². The molecule has 32 heavy (non-hydrogen) atoms. The van der Waals surface area contributed by atoms with Crippen molar-refractivity contribution in [2.45, 2.75) is 45.3 Å². The van der Waals surface area contributed by atoms with Crippen LogP contribution in [0.3, 0.4) is 0 Å². The van der Waals surface area contributed by atoms with Crippen molar-refractivity contribution in [2.75, 3.05) is 18.1 Å². The van der Waals surface area contributed by atoms with Crippen molar-refractivity contribution in [1.29, 1.82) is 0 Å². The van der Waals surface area contributed by atoms with Crippen LogP contribution in [0.4, 0.5) is 11.4 Å². The molecule has 0 saturated heterocycles. The fourth-order valence-corrected chi connectivity index (χ4v) is 3.74. The zero-order chi connectivity index (χ0) is 22.9. The van der Waals surface area contributed by atoms with Gasteiger partial charge in [-0.3, -0.25) is 4.79 Å². The second-order valence-electron chi connectivity index (χ2n) is 7.87. The number of anilines is 2. The van der Waals surface area contributed by atoms with Gasteiger partial charge in [0.25, 0.3) is 0 Å². The van der Waals surface area contributed by atoms with Gasteiger partial charge in [-0.2, -0.15) is 0 Å². The van der Waals surface area contributed by atoms with Crippen LogP contribution in [-0.2, 0) is 25.7 Å². The molecule has 3 rings (SSSR count). The van der Waals surface area contributed by atoms with Crippen LogP contribution in [0.15, 0.2) is 48.5 Å². The number of nitrogen functional groups attached to an aromatic ring is 2. The number of ether oxygens (including phenoxy) is 3. The Bertz CT molecular complexity index is 927. The minimum absolute atomic E-state index is 0.0831. The van der Waals surface area contributed by atoms with Crippen LogP contribution in [0.1, 0.15) is 43.7 Å². The van der Waals surface area contributed by atoms with E-state index < -0.39 is 5.97 Å². The fraction of sp³-hybridized carbons (Fsp3) is 0.360. The van der Waals surface area contributed by atoms with Crippen LogP contribution in [0.5, 0.6) is 5.75 Å². The molecule has 170 valence electrons. The highest BCUT2D eigenvalue weighted by Gasteiger charge is 2.27. The fourth-order valence-electron chi connectivity index (χ4n) is 3.74. The molecule has 0 radical (unpaired) electrons. The maximum Gasteiger partial charge on any atom is 0.331 e. The van der Waals surface area contributed by atoms with E-state index in [0.717, 1.165) is 36.8 Å². The molecular weight excluding hydrogens is 408 g/mol. The Balaban J connectivity index is 1.45. The molecule has 1 saturated carbocycles. The normalized spacial score (nSPS) is 18.4.